The minimum absolute atomic E-state index is 0.176. The predicted molar refractivity (Wildman–Crippen MR) is 123 cm³/mol. The maximum Gasteiger partial charge on any atom is 0.386 e. The fourth-order valence-electron chi connectivity index (χ4n) is 1.91. The van der Waals surface area contributed by atoms with Gasteiger partial charge in [-0.2, -0.15) is 0 Å². The summed E-state index contributed by atoms with van der Waals surface area (Å²) in [6.45, 7) is 8.23. The van der Waals surface area contributed by atoms with Crippen molar-refractivity contribution in [3.8, 4) is 0 Å². The maximum absolute atomic E-state index is 11.5. The normalized spacial score (nSPS) is 8.91. The van der Waals surface area contributed by atoms with E-state index < -0.39 is 17.9 Å². The van der Waals surface area contributed by atoms with E-state index in [0.29, 0.717) is 11.1 Å². The Labute approximate surface area is 187 Å². The monoisotopic (exact) mass is 432 g/mol. The van der Waals surface area contributed by atoms with Gasteiger partial charge in [-0.15, -0.1) is 0 Å². The summed E-state index contributed by atoms with van der Waals surface area (Å²) in [5, 5.41) is 7.89. The van der Waals surface area contributed by atoms with E-state index in [4.69, 9.17) is 5.11 Å². The van der Waals surface area contributed by atoms with Crippen LogP contribution in [0.2, 0.25) is 0 Å². The molecule has 0 atom stereocenters. The van der Waals surface area contributed by atoms with E-state index in [-0.39, 0.29) is 5.57 Å². The molecule has 0 radical (unpaired) electrons. The van der Waals surface area contributed by atoms with Crippen LogP contribution in [0.3, 0.4) is 0 Å². The average Bonchev–Trinajstić information content (AvgIpc) is 2.84. The molecule has 0 saturated heterocycles. The largest absolute Gasteiger partial charge is 0.478 e. The summed E-state index contributed by atoms with van der Waals surface area (Å²) < 4.78 is 0. The number of aliphatic carboxylic acids is 1. The van der Waals surface area contributed by atoms with Crippen molar-refractivity contribution in [1.29, 1.82) is 0 Å². The zero-order chi connectivity index (χ0) is 23.8. The van der Waals surface area contributed by atoms with Crippen LogP contribution in [-0.4, -0.2) is 23.0 Å². The molecule has 3 aromatic rings. The lowest BCUT2D eigenvalue weighted by Crippen LogP contribution is -2.11. The van der Waals surface area contributed by atoms with Gasteiger partial charge in [-0.3, -0.25) is 0 Å². The number of carbonyl (C=O) groups excluding carboxylic acids is 2. The zero-order valence-corrected chi connectivity index (χ0v) is 17.6. The summed E-state index contributed by atoms with van der Waals surface area (Å²) in [5.74, 6) is -2.35. The molecule has 0 saturated carbocycles. The number of carboxylic acids is 1. The van der Waals surface area contributed by atoms with Crippen LogP contribution in [0.15, 0.2) is 110 Å². The summed E-state index contributed by atoms with van der Waals surface area (Å²) in [5.41, 5.74) is 1.99. The molecule has 1 N–H and O–H groups in total. The van der Waals surface area contributed by atoms with Gasteiger partial charge in [-0.1, -0.05) is 86.0 Å². The van der Waals surface area contributed by atoms with Gasteiger partial charge in [0.1, 0.15) is 0 Å². The highest BCUT2D eigenvalue weighted by Gasteiger charge is 2.13. The van der Waals surface area contributed by atoms with Crippen molar-refractivity contribution < 1.29 is 29.3 Å². The number of carboxylic acid groups (broad SMARTS) is 1. The van der Waals surface area contributed by atoms with Crippen LogP contribution < -0.4 is 0 Å². The molecule has 3 rings (SSSR count). The lowest BCUT2D eigenvalue weighted by molar-refractivity contribution is -0.187. The summed E-state index contributed by atoms with van der Waals surface area (Å²) in [4.78, 5) is 41.5. The van der Waals surface area contributed by atoms with Gasteiger partial charge in [0.2, 0.25) is 0 Å². The van der Waals surface area contributed by atoms with Crippen molar-refractivity contribution in [2.75, 3.05) is 0 Å². The molecule has 0 aliphatic carbocycles. The van der Waals surface area contributed by atoms with Crippen LogP contribution in [0.4, 0.5) is 0 Å². The molecule has 0 heterocycles. The second-order valence-electron chi connectivity index (χ2n) is 6.17. The second-order valence-corrected chi connectivity index (χ2v) is 6.17. The summed E-state index contributed by atoms with van der Waals surface area (Å²) in [6.07, 6.45) is 1.83. The van der Waals surface area contributed by atoms with Crippen LogP contribution in [0.5, 0.6) is 0 Å². The lowest BCUT2D eigenvalue weighted by Gasteiger charge is -2.02. The molecule has 164 valence electrons. The Morgan fingerprint density at radius 2 is 1.03 bits per heavy atom. The predicted octanol–water partition coefficient (Wildman–Crippen LogP) is 5.59. The third kappa shape index (κ3) is 10.4. The third-order valence-corrected chi connectivity index (χ3v) is 3.61. The van der Waals surface area contributed by atoms with Crippen LogP contribution >= 0.6 is 0 Å². The number of carbonyl (C=O) groups is 3. The highest BCUT2D eigenvalue weighted by molar-refractivity contribution is 5.92. The van der Waals surface area contributed by atoms with Gasteiger partial charge in [0.05, 0.1) is 11.1 Å². The molecule has 3 aromatic carbocycles. The first-order valence-electron chi connectivity index (χ1n) is 9.44. The Balaban J connectivity index is 0.000000301. The molecular formula is C26H24O6. The van der Waals surface area contributed by atoms with E-state index in [2.05, 4.69) is 22.9 Å². The molecule has 0 spiro atoms. The van der Waals surface area contributed by atoms with Crippen molar-refractivity contribution in [1.82, 2.24) is 0 Å². The van der Waals surface area contributed by atoms with Crippen LogP contribution in [0.1, 0.15) is 33.2 Å². The third-order valence-electron chi connectivity index (χ3n) is 3.61. The van der Waals surface area contributed by atoms with Crippen molar-refractivity contribution in [3.05, 3.63) is 126 Å². The number of rotatable bonds is 4. The molecule has 0 amide bonds. The quantitative estimate of drug-likeness (QED) is 0.328. The summed E-state index contributed by atoms with van der Waals surface area (Å²) in [6, 6.07) is 26.6. The fraction of sp³-hybridized carbons (Fsp3) is 0.0385. The highest BCUT2D eigenvalue weighted by Crippen LogP contribution is 2.05. The van der Waals surface area contributed by atoms with Gasteiger partial charge in [0.15, 0.2) is 0 Å². The lowest BCUT2D eigenvalue weighted by atomic mass is 10.2. The highest BCUT2D eigenvalue weighted by atomic mass is 17.2. The molecule has 32 heavy (non-hydrogen) atoms. The Hall–Kier alpha value is -4.45. The van der Waals surface area contributed by atoms with Gasteiger partial charge < -0.3 is 5.11 Å². The first kappa shape index (κ1) is 25.6. The maximum atomic E-state index is 11.5. The van der Waals surface area contributed by atoms with E-state index >= 15 is 0 Å². The Bertz CT molecular complexity index is 948. The molecule has 0 aromatic heterocycles. The second kappa shape index (κ2) is 14.5. The van der Waals surface area contributed by atoms with Gasteiger partial charge in [0.25, 0.3) is 0 Å². The van der Waals surface area contributed by atoms with Crippen molar-refractivity contribution in [2.24, 2.45) is 0 Å². The molecule has 0 bridgehead atoms. The smallest absolute Gasteiger partial charge is 0.386 e. The number of hydrogen-bond acceptors (Lipinski definition) is 5. The SMILES string of the molecule is C=C(C)C(=O)O.C=Cc1ccccc1.O=C(OOC(=O)c1ccccc1)c1ccccc1. The van der Waals surface area contributed by atoms with E-state index in [9.17, 15) is 14.4 Å². The molecule has 0 aliphatic heterocycles. The van der Waals surface area contributed by atoms with E-state index in [1.54, 1.807) is 60.7 Å². The first-order chi connectivity index (χ1) is 15.3. The molecular weight excluding hydrogens is 408 g/mol. The zero-order valence-electron chi connectivity index (χ0n) is 17.6. The molecule has 0 unspecified atom stereocenters. The van der Waals surface area contributed by atoms with Crippen molar-refractivity contribution >= 4 is 24.0 Å². The fourth-order valence-corrected chi connectivity index (χ4v) is 1.91. The topological polar surface area (TPSA) is 89.9 Å². The van der Waals surface area contributed by atoms with Crippen LogP contribution in [0, 0.1) is 0 Å². The molecule has 6 nitrogen and oxygen atoms in total. The Morgan fingerprint density at radius 1 is 0.719 bits per heavy atom. The number of hydrogen-bond donors (Lipinski definition) is 1. The van der Waals surface area contributed by atoms with Gasteiger partial charge >= 0.3 is 17.9 Å². The van der Waals surface area contributed by atoms with Crippen molar-refractivity contribution in [2.45, 2.75) is 6.92 Å². The van der Waals surface area contributed by atoms with Crippen LogP contribution in [0.25, 0.3) is 6.08 Å². The summed E-state index contributed by atoms with van der Waals surface area (Å²) in [7, 11) is 0. The van der Waals surface area contributed by atoms with Gasteiger partial charge in [-0.05, 0) is 36.8 Å². The standard InChI is InChI=1S/C14H10O4.C8H8.C4H6O2/c15-13(11-7-3-1-4-8-11)17-18-14(16)12-9-5-2-6-10-12;1-2-8-6-4-3-5-7-8;1-3(2)4(5)6/h1-10H;2-7H,1H2;1H2,2H3,(H,5,6). The first-order valence-corrected chi connectivity index (χ1v) is 9.44. The average molecular weight is 432 g/mol. The Kier molecular flexibility index (Phi) is 11.6. The van der Waals surface area contributed by atoms with E-state index in [1.807, 2.05) is 36.4 Å². The minimum Gasteiger partial charge on any atom is -0.478 e. The minimum atomic E-state index is -0.935. The van der Waals surface area contributed by atoms with Crippen LogP contribution in [-0.2, 0) is 14.6 Å². The Morgan fingerprint density at radius 3 is 1.28 bits per heavy atom. The van der Waals surface area contributed by atoms with Crippen molar-refractivity contribution in [3.63, 3.8) is 0 Å². The molecule has 6 heteroatoms. The molecule has 0 aliphatic rings. The van der Waals surface area contributed by atoms with Gasteiger partial charge in [0, 0.05) is 5.57 Å². The molecule has 0 fully saturated rings. The van der Waals surface area contributed by atoms with Gasteiger partial charge in [-0.25, -0.2) is 24.2 Å². The number of benzene rings is 3. The van der Waals surface area contributed by atoms with E-state index in [1.165, 1.54) is 12.5 Å². The summed E-state index contributed by atoms with van der Waals surface area (Å²) >= 11 is 0. The van der Waals surface area contributed by atoms with E-state index in [0.717, 1.165) is 0 Å².